The van der Waals surface area contributed by atoms with Crippen molar-refractivity contribution in [1.29, 1.82) is 0 Å². The van der Waals surface area contributed by atoms with Crippen LogP contribution in [0.1, 0.15) is 37.7 Å². The molecule has 2 rings (SSSR count). The van der Waals surface area contributed by atoms with Crippen LogP contribution in [0.2, 0.25) is 0 Å². The van der Waals surface area contributed by atoms with Crippen LogP contribution in [0.4, 0.5) is 0 Å². The first kappa shape index (κ1) is 13.6. The molecule has 0 saturated carbocycles. The van der Waals surface area contributed by atoms with E-state index in [1.54, 1.807) is 0 Å². The molecule has 0 spiro atoms. The molecule has 0 aromatic carbocycles. The van der Waals surface area contributed by atoms with Crippen LogP contribution in [0.25, 0.3) is 0 Å². The minimum Gasteiger partial charge on any atom is -0.465 e. The third-order valence-electron chi connectivity index (χ3n) is 3.80. The number of hydrogen-bond acceptors (Lipinski definition) is 3. The van der Waals surface area contributed by atoms with E-state index in [1.165, 1.54) is 38.9 Å². The lowest BCUT2D eigenvalue weighted by Crippen LogP contribution is -2.34. The van der Waals surface area contributed by atoms with Crippen molar-refractivity contribution in [2.24, 2.45) is 5.92 Å². The number of piperidine rings is 1. The maximum absolute atomic E-state index is 5.52. The first-order valence-corrected chi connectivity index (χ1v) is 7.22. The summed E-state index contributed by atoms with van der Waals surface area (Å²) in [4.78, 5) is 2.60. The van der Waals surface area contributed by atoms with E-state index in [4.69, 9.17) is 4.42 Å². The zero-order valence-electron chi connectivity index (χ0n) is 11.7. The fourth-order valence-electron chi connectivity index (χ4n) is 2.51. The molecule has 102 valence electrons. The monoisotopic (exact) mass is 250 g/mol. The number of nitrogens with one attached hydrogen (secondary N) is 1. The molecule has 1 aromatic heterocycles. The van der Waals surface area contributed by atoms with Gasteiger partial charge in [-0.1, -0.05) is 6.92 Å². The Kier molecular flexibility index (Phi) is 5.26. The van der Waals surface area contributed by atoms with Crippen LogP contribution in [0.3, 0.4) is 0 Å². The maximum Gasteiger partial charge on any atom is 0.117 e. The molecule has 0 unspecified atom stereocenters. The number of rotatable bonds is 6. The average Bonchev–Trinajstić information content (AvgIpc) is 2.77. The fraction of sp³-hybridized carbons (Fsp3) is 0.733. The van der Waals surface area contributed by atoms with Gasteiger partial charge in [0.15, 0.2) is 0 Å². The molecule has 3 nitrogen and oxygen atoms in total. The van der Waals surface area contributed by atoms with Crippen molar-refractivity contribution in [3.8, 4) is 0 Å². The van der Waals surface area contributed by atoms with Gasteiger partial charge in [0.05, 0.1) is 6.54 Å². The van der Waals surface area contributed by atoms with E-state index in [-0.39, 0.29) is 0 Å². The van der Waals surface area contributed by atoms with E-state index in [9.17, 15) is 0 Å². The Morgan fingerprint density at radius 3 is 2.78 bits per heavy atom. The van der Waals surface area contributed by atoms with E-state index >= 15 is 0 Å². The Morgan fingerprint density at radius 1 is 1.33 bits per heavy atom. The van der Waals surface area contributed by atoms with Gasteiger partial charge in [0.1, 0.15) is 11.5 Å². The van der Waals surface area contributed by atoms with Crippen LogP contribution >= 0.6 is 0 Å². The zero-order valence-corrected chi connectivity index (χ0v) is 11.7. The van der Waals surface area contributed by atoms with Crippen molar-refractivity contribution in [1.82, 2.24) is 10.2 Å². The fourth-order valence-corrected chi connectivity index (χ4v) is 2.51. The molecule has 0 radical (unpaired) electrons. The predicted octanol–water partition coefficient (Wildman–Crippen LogP) is 2.80. The summed E-state index contributed by atoms with van der Waals surface area (Å²) in [6.07, 6.45) is 3.98. The summed E-state index contributed by atoms with van der Waals surface area (Å²) in [6, 6.07) is 4.07. The van der Waals surface area contributed by atoms with Crippen LogP contribution in [0.15, 0.2) is 16.5 Å². The summed E-state index contributed by atoms with van der Waals surface area (Å²) in [7, 11) is 0. The predicted molar refractivity (Wildman–Crippen MR) is 74.6 cm³/mol. The topological polar surface area (TPSA) is 28.4 Å². The van der Waals surface area contributed by atoms with E-state index in [0.717, 1.165) is 30.5 Å². The summed E-state index contributed by atoms with van der Waals surface area (Å²) in [5, 5.41) is 3.44. The van der Waals surface area contributed by atoms with Crippen molar-refractivity contribution >= 4 is 0 Å². The van der Waals surface area contributed by atoms with Crippen LogP contribution in [-0.4, -0.2) is 31.1 Å². The van der Waals surface area contributed by atoms with Gasteiger partial charge < -0.3 is 14.6 Å². The molecule has 1 aliphatic rings. The van der Waals surface area contributed by atoms with Gasteiger partial charge in [-0.15, -0.1) is 0 Å². The molecule has 3 heteroatoms. The van der Waals surface area contributed by atoms with E-state index in [0.29, 0.717) is 0 Å². The molecule has 0 atom stereocenters. The Labute approximate surface area is 111 Å². The molecule has 0 aliphatic carbocycles. The summed E-state index contributed by atoms with van der Waals surface area (Å²) in [5.74, 6) is 2.97. The molecular weight excluding hydrogens is 224 g/mol. The minimum atomic E-state index is 0.852. The van der Waals surface area contributed by atoms with Crippen molar-refractivity contribution in [2.45, 2.75) is 39.7 Å². The van der Waals surface area contributed by atoms with Crippen molar-refractivity contribution in [3.63, 3.8) is 0 Å². The maximum atomic E-state index is 5.52. The summed E-state index contributed by atoms with van der Waals surface area (Å²) >= 11 is 0. The highest BCUT2D eigenvalue weighted by atomic mass is 16.3. The lowest BCUT2D eigenvalue weighted by Gasteiger charge is -2.30. The second-order valence-corrected chi connectivity index (χ2v) is 5.57. The Balaban J connectivity index is 1.51. The van der Waals surface area contributed by atoms with Gasteiger partial charge in [-0.3, -0.25) is 0 Å². The second-order valence-electron chi connectivity index (χ2n) is 5.57. The lowest BCUT2D eigenvalue weighted by atomic mass is 9.99. The van der Waals surface area contributed by atoms with Gasteiger partial charge in [0.2, 0.25) is 0 Å². The number of likely N-dealkylation sites (tertiary alicyclic amines) is 1. The van der Waals surface area contributed by atoms with Crippen LogP contribution in [0.5, 0.6) is 0 Å². The summed E-state index contributed by atoms with van der Waals surface area (Å²) < 4.78 is 5.52. The zero-order chi connectivity index (χ0) is 12.8. The highest BCUT2D eigenvalue weighted by Gasteiger charge is 2.14. The summed E-state index contributed by atoms with van der Waals surface area (Å²) in [6.45, 7) is 10.1. The molecule has 0 amide bonds. The Morgan fingerprint density at radius 2 is 2.11 bits per heavy atom. The molecule has 1 N–H and O–H groups in total. The lowest BCUT2D eigenvalue weighted by molar-refractivity contribution is 0.190. The van der Waals surface area contributed by atoms with Crippen LogP contribution in [0, 0.1) is 12.8 Å². The Bertz CT molecular complexity index is 340. The number of furan rings is 1. The average molecular weight is 250 g/mol. The number of nitrogens with zero attached hydrogens (tertiary/aromatic N) is 1. The Hall–Kier alpha value is -0.800. The normalized spacial score (nSPS) is 18.3. The van der Waals surface area contributed by atoms with Crippen molar-refractivity contribution in [2.75, 3.05) is 26.2 Å². The second kappa shape index (κ2) is 6.95. The van der Waals surface area contributed by atoms with E-state index in [1.807, 2.05) is 19.1 Å². The largest absolute Gasteiger partial charge is 0.465 e. The summed E-state index contributed by atoms with van der Waals surface area (Å²) in [5.41, 5.74) is 0. The van der Waals surface area contributed by atoms with Gasteiger partial charge in [-0.05, 0) is 70.4 Å². The smallest absolute Gasteiger partial charge is 0.117 e. The van der Waals surface area contributed by atoms with E-state index < -0.39 is 0 Å². The molecule has 2 heterocycles. The molecule has 1 saturated heterocycles. The number of hydrogen-bond donors (Lipinski definition) is 1. The first-order valence-electron chi connectivity index (χ1n) is 7.22. The van der Waals surface area contributed by atoms with Gasteiger partial charge >= 0.3 is 0 Å². The van der Waals surface area contributed by atoms with Gasteiger partial charge in [0.25, 0.3) is 0 Å². The third kappa shape index (κ3) is 4.46. The third-order valence-corrected chi connectivity index (χ3v) is 3.80. The highest BCUT2D eigenvalue weighted by Crippen LogP contribution is 2.15. The molecular formula is C15H26N2O. The standard InChI is InChI=1S/C15H26N2O/c1-13-6-10-17(11-7-13)9-3-8-16-12-15-5-4-14(2)18-15/h4-5,13,16H,3,6-12H2,1-2H3. The van der Waals surface area contributed by atoms with E-state index in [2.05, 4.69) is 17.1 Å². The van der Waals surface area contributed by atoms with Crippen LogP contribution in [-0.2, 0) is 6.54 Å². The number of aryl methyl sites for hydroxylation is 1. The minimum absolute atomic E-state index is 0.852. The van der Waals surface area contributed by atoms with Gasteiger partial charge in [-0.2, -0.15) is 0 Å². The van der Waals surface area contributed by atoms with Crippen molar-refractivity contribution in [3.05, 3.63) is 23.7 Å². The molecule has 1 aliphatic heterocycles. The highest BCUT2D eigenvalue weighted by molar-refractivity contribution is 5.04. The quantitative estimate of drug-likeness (QED) is 0.787. The van der Waals surface area contributed by atoms with Gasteiger partial charge in [-0.25, -0.2) is 0 Å². The molecule has 18 heavy (non-hydrogen) atoms. The molecule has 1 fully saturated rings. The first-order chi connectivity index (χ1) is 8.74. The van der Waals surface area contributed by atoms with Crippen molar-refractivity contribution < 1.29 is 4.42 Å². The van der Waals surface area contributed by atoms with Crippen LogP contribution < -0.4 is 5.32 Å². The molecule has 0 bridgehead atoms. The SMILES string of the molecule is Cc1ccc(CNCCCN2CCC(C)CC2)o1. The molecule has 1 aromatic rings. The van der Waals surface area contributed by atoms with Gasteiger partial charge in [0, 0.05) is 0 Å².